The van der Waals surface area contributed by atoms with E-state index in [1.54, 1.807) is 7.11 Å². The van der Waals surface area contributed by atoms with Crippen LogP contribution in [0.4, 0.5) is 5.69 Å². The highest BCUT2D eigenvalue weighted by Crippen LogP contribution is 2.38. The molecule has 0 saturated carbocycles. The monoisotopic (exact) mass is 285 g/mol. The average molecular weight is 285 g/mol. The molecule has 0 bridgehead atoms. The Hall–Kier alpha value is -1.61. The maximum atomic E-state index is 5.44. The Labute approximate surface area is 124 Å². The van der Waals surface area contributed by atoms with Gasteiger partial charge < -0.3 is 9.64 Å². The number of fused-ring (bicyclic) bond motifs is 1. The SMILES string of the molecule is COc1ccccc1N(C)CC1Cc2ccccc2S1. The largest absolute Gasteiger partial charge is 0.495 e. The predicted octanol–water partition coefficient (Wildman–Crippen LogP) is 3.85. The van der Waals surface area contributed by atoms with Gasteiger partial charge in [0.25, 0.3) is 0 Å². The van der Waals surface area contributed by atoms with Crippen molar-refractivity contribution < 1.29 is 4.74 Å². The molecule has 104 valence electrons. The second-order valence-electron chi connectivity index (χ2n) is 5.10. The quantitative estimate of drug-likeness (QED) is 0.846. The normalized spacial score (nSPS) is 16.8. The van der Waals surface area contributed by atoms with E-state index in [0.717, 1.165) is 24.4 Å². The lowest BCUT2D eigenvalue weighted by molar-refractivity contribution is 0.415. The Bertz CT molecular complexity index is 574. The number of nitrogens with zero attached hydrogens (tertiary/aromatic N) is 1. The van der Waals surface area contributed by atoms with E-state index in [4.69, 9.17) is 4.74 Å². The summed E-state index contributed by atoms with van der Waals surface area (Å²) in [4.78, 5) is 3.73. The van der Waals surface area contributed by atoms with Crippen LogP contribution >= 0.6 is 11.8 Å². The number of ether oxygens (including phenoxy) is 1. The lowest BCUT2D eigenvalue weighted by Gasteiger charge is -2.24. The van der Waals surface area contributed by atoms with E-state index < -0.39 is 0 Å². The average Bonchev–Trinajstić information content (AvgIpc) is 2.89. The molecule has 1 atom stereocenters. The fourth-order valence-electron chi connectivity index (χ4n) is 2.70. The van der Waals surface area contributed by atoms with E-state index in [0.29, 0.717) is 5.25 Å². The molecule has 0 fully saturated rings. The molecule has 0 amide bonds. The molecule has 3 rings (SSSR count). The van der Waals surface area contributed by atoms with Gasteiger partial charge in [-0.05, 0) is 30.2 Å². The van der Waals surface area contributed by atoms with Gasteiger partial charge in [-0.3, -0.25) is 0 Å². The summed E-state index contributed by atoms with van der Waals surface area (Å²) in [5, 5.41) is 0.613. The fraction of sp³-hybridized carbons (Fsp3) is 0.294. The minimum absolute atomic E-state index is 0.613. The summed E-state index contributed by atoms with van der Waals surface area (Å²) < 4.78 is 5.44. The van der Waals surface area contributed by atoms with E-state index in [1.807, 2.05) is 23.9 Å². The van der Waals surface area contributed by atoms with Gasteiger partial charge >= 0.3 is 0 Å². The molecule has 1 unspecified atom stereocenters. The molecular weight excluding hydrogens is 266 g/mol. The summed E-state index contributed by atoms with van der Waals surface area (Å²) in [6.45, 7) is 1.03. The fourth-order valence-corrected chi connectivity index (χ4v) is 4.08. The van der Waals surface area contributed by atoms with Crippen LogP contribution in [0.5, 0.6) is 5.75 Å². The van der Waals surface area contributed by atoms with Crippen LogP contribution in [-0.2, 0) is 6.42 Å². The Morgan fingerprint density at radius 2 is 1.90 bits per heavy atom. The topological polar surface area (TPSA) is 12.5 Å². The molecule has 0 radical (unpaired) electrons. The van der Waals surface area contributed by atoms with Gasteiger partial charge in [0.05, 0.1) is 12.8 Å². The minimum atomic E-state index is 0.613. The van der Waals surface area contributed by atoms with Crippen LogP contribution in [0.15, 0.2) is 53.4 Å². The lowest BCUT2D eigenvalue weighted by Crippen LogP contribution is -2.27. The predicted molar refractivity (Wildman–Crippen MR) is 86.1 cm³/mol. The summed E-state index contributed by atoms with van der Waals surface area (Å²) in [5.41, 5.74) is 2.64. The van der Waals surface area contributed by atoms with Crippen LogP contribution in [-0.4, -0.2) is 26.0 Å². The molecule has 1 aliphatic rings. The zero-order valence-corrected chi connectivity index (χ0v) is 12.7. The highest BCUT2D eigenvalue weighted by molar-refractivity contribution is 8.00. The summed E-state index contributed by atoms with van der Waals surface area (Å²) in [5.74, 6) is 0.940. The number of benzene rings is 2. The first-order chi connectivity index (χ1) is 9.78. The first kappa shape index (κ1) is 13.4. The number of methoxy groups -OCH3 is 1. The van der Waals surface area contributed by atoms with E-state index in [2.05, 4.69) is 48.3 Å². The Kier molecular flexibility index (Phi) is 3.88. The van der Waals surface area contributed by atoms with Crippen molar-refractivity contribution in [2.75, 3.05) is 25.6 Å². The zero-order valence-electron chi connectivity index (χ0n) is 11.9. The molecule has 2 aromatic rings. The molecule has 3 heteroatoms. The first-order valence-corrected chi connectivity index (χ1v) is 7.74. The van der Waals surface area contributed by atoms with Gasteiger partial charge in [0, 0.05) is 23.7 Å². The number of hydrogen-bond donors (Lipinski definition) is 0. The van der Waals surface area contributed by atoms with Crippen molar-refractivity contribution in [3.63, 3.8) is 0 Å². The molecule has 2 aromatic carbocycles. The summed E-state index contributed by atoms with van der Waals surface area (Å²) in [6.07, 6.45) is 1.15. The van der Waals surface area contributed by atoms with E-state index in [9.17, 15) is 0 Å². The smallest absolute Gasteiger partial charge is 0.142 e. The van der Waals surface area contributed by atoms with Gasteiger partial charge in [-0.1, -0.05) is 30.3 Å². The molecule has 0 N–H and O–H groups in total. The van der Waals surface area contributed by atoms with Crippen LogP contribution in [0.3, 0.4) is 0 Å². The van der Waals surface area contributed by atoms with Crippen molar-refractivity contribution in [1.29, 1.82) is 0 Å². The third kappa shape index (κ3) is 2.63. The maximum Gasteiger partial charge on any atom is 0.142 e. The number of hydrogen-bond acceptors (Lipinski definition) is 3. The molecule has 1 aliphatic heterocycles. The molecule has 0 aliphatic carbocycles. The summed E-state index contributed by atoms with van der Waals surface area (Å²) in [7, 11) is 3.87. The number of rotatable bonds is 4. The molecule has 2 nitrogen and oxygen atoms in total. The first-order valence-electron chi connectivity index (χ1n) is 6.86. The van der Waals surface area contributed by atoms with Crippen molar-refractivity contribution >= 4 is 17.4 Å². The Morgan fingerprint density at radius 3 is 2.70 bits per heavy atom. The van der Waals surface area contributed by atoms with Gasteiger partial charge in [0.2, 0.25) is 0 Å². The number of para-hydroxylation sites is 2. The van der Waals surface area contributed by atoms with E-state index in [-0.39, 0.29) is 0 Å². The molecule has 20 heavy (non-hydrogen) atoms. The number of thioether (sulfide) groups is 1. The van der Waals surface area contributed by atoms with Crippen LogP contribution < -0.4 is 9.64 Å². The van der Waals surface area contributed by atoms with Crippen molar-refractivity contribution in [2.24, 2.45) is 0 Å². The van der Waals surface area contributed by atoms with Crippen LogP contribution in [0.1, 0.15) is 5.56 Å². The Balaban J connectivity index is 1.70. The number of anilines is 1. The molecular formula is C17H19NOS. The maximum absolute atomic E-state index is 5.44. The van der Waals surface area contributed by atoms with E-state index in [1.165, 1.54) is 10.5 Å². The summed E-state index contributed by atoms with van der Waals surface area (Å²) >= 11 is 1.99. The van der Waals surface area contributed by atoms with Gasteiger partial charge in [0.1, 0.15) is 5.75 Å². The molecule has 1 heterocycles. The van der Waals surface area contributed by atoms with Crippen LogP contribution in [0.2, 0.25) is 0 Å². The molecule has 0 saturated heterocycles. The van der Waals surface area contributed by atoms with Crippen molar-refractivity contribution in [1.82, 2.24) is 0 Å². The summed E-state index contributed by atoms with van der Waals surface area (Å²) in [6, 6.07) is 16.9. The Morgan fingerprint density at radius 1 is 1.15 bits per heavy atom. The third-order valence-corrected chi connectivity index (χ3v) is 4.99. The zero-order chi connectivity index (χ0) is 13.9. The lowest BCUT2D eigenvalue weighted by atomic mass is 10.1. The highest BCUT2D eigenvalue weighted by atomic mass is 32.2. The van der Waals surface area contributed by atoms with Crippen LogP contribution in [0, 0.1) is 0 Å². The highest BCUT2D eigenvalue weighted by Gasteiger charge is 2.23. The van der Waals surface area contributed by atoms with Gasteiger partial charge in [-0.25, -0.2) is 0 Å². The third-order valence-electron chi connectivity index (χ3n) is 3.69. The second-order valence-corrected chi connectivity index (χ2v) is 6.45. The van der Waals surface area contributed by atoms with Crippen molar-refractivity contribution in [3.8, 4) is 5.75 Å². The molecule has 0 spiro atoms. The second kappa shape index (κ2) is 5.80. The van der Waals surface area contributed by atoms with Crippen molar-refractivity contribution in [2.45, 2.75) is 16.6 Å². The van der Waals surface area contributed by atoms with Gasteiger partial charge in [0.15, 0.2) is 0 Å². The van der Waals surface area contributed by atoms with Crippen LogP contribution in [0.25, 0.3) is 0 Å². The van der Waals surface area contributed by atoms with E-state index >= 15 is 0 Å². The molecule has 0 aromatic heterocycles. The standard InChI is InChI=1S/C17H19NOS/c1-18(15-8-4-5-9-16(15)19-2)12-14-11-13-7-3-6-10-17(13)20-14/h3-10,14H,11-12H2,1-2H3. The van der Waals surface area contributed by atoms with Gasteiger partial charge in [-0.2, -0.15) is 0 Å². The van der Waals surface area contributed by atoms with Crippen molar-refractivity contribution in [3.05, 3.63) is 54.1 Å². The minimum Gasteiger partial charge on any atom is -0.495 e. The van der Waals surface area contributed by atoms with Gasteiger partial charge in [-0.15, -0.1) is 11.8 Å².